The fourth-order valence-electron chi connectivity index (χ4n) is 1.72. The molecule has 1 aliphatic carbocycles. The Kier molecular flexibility index (Phi) is 3.34. The summed E-state index contributed by atoms with van der Waals surface area (Å²) in [6.45, 7) is 2.19. The van der Waals surface area contributed by atoms with Gasteiger partial charge in [0, 0.05) is 6.42 Å². The van der Waals surface area contributed by atoms with Crippen LogP contribution in [0.4, 0.5) is 0 Å². The third-order valence-electron chi connectivity index (χ3n) is 2.32. The van der Waals surface area contributed by atoms with Crippen molar-refractivity contribution in [1.82, 2.24) is 0 Å². The van der Waals surface area contributed by atoms with Gasteiger partial charge in [-0.05, 0) is 38.5 Å². The zero-order valence-electron chi connectivity index (χ0n) is 7.18. The first kappa shape index (κ1) is 8.51. The van der Waals surface area contributed by atoms with Gasteiger partial charge in [-0.1, -0.05) is 11.6 Å². The first-order chi connectivity index (χ1) is 5.33. The highest BCUT2D eigenvalue weighted by Crippen LogP contribution is 2.25. The van der Waals surface area contributed by atoms with Crippen LogP contribution in [0.25, 0.3) is 0 Å². The molecule has 0 saturated heterocycles. The molecular weight excluding hydrogens is 136 g/mol. The lowest BCUT2D eigenvalue weighted by Gasteiger charge is -2.17. The van der Waals surface area contributed by atoms with Gasteiger partial charge in [0.1, 0.15) is 6.29 Å². The van der Waals surface area contributed by atoms with Crippen molar-refractivity contribution in [2.24, 2.45) is 5.92 Å². The molecule has 1 rings (SSSR count). The standard InChI is InChI=1S/C10H16O/c1-9-4-2-5-10(8-9)6-3-7-11/h7-8,10H,2-6H2,1H3/t10-/m0/s1. The highest BCUT2D eigenvalue weighted by Gasteiger charge is 2.10. The van der Waals surface area contributed by atoms with E-state index in [2.05, 4.69) is 13.0 Å². The maximum atomic E-state index is 10.1. The van der Waals surface area contributed by atoms with Gasteiger partial charge >= 0.3 is 0 Å². The van der Waals surface area contributed by atoms with Crippen LogP contribution in [0.3, 0.4) is 0 Å². The normalized spacial score (nSPS) is 24.5. The minimum absolute atomic E-state index is 0.689. The van der Waals surface area contributed by atoms with E-state index >= 15 is 0 Å². The van der Waals surface area contributed by atoms with Crippen LogP contribution in [0.15, 0.2) is 11.6 Å². The zero-order chi connectivity index (χ0) is 8.10. The summed E-state index contributed by atoms with van der Waals surface area (Å²) < 4.78 is 0. The number of hydrogen-bond donors (Lipinski definition) is 0. The van der Waals surface area contributed by atoms with Gasteiger partial charge in [0.05, 0.1) is 0 Å². The Morgan fingerprint density at radius 3 is 3.18 bits per heavy atom. The summed E-state index contributed by atoms with van der Waals surface area (Å²) in [6.07, 6.45) is 9.01. The molecule has 1 aliphatic rings. The van der Waals surface area contributed by atoms with Gasteiger partial charge in [-0.15, -0.1) is 0 Å². The average Bonchev–Trinajstić information content (AvgIpc) is 2.01. The van der Waals surface area contributed by atoms with E-state index in [9.17, 15) is 4.79 Å². The Balaban J connectivity index is 2.33. The summed E-state index contributed by atoms with van der Waals surface area (Å²) in [4.78, 5) is 10.1. The molecule has 11 heavy (non-hydrogen) atoms. The summed E-state index contributed by atoms with van der Waals surface area (Å²) in [5, 5.41) is 0. The molecule has 0 fully saturated rings. The topological polar surface area (TPSA) is 17.1 Å². The summed E-state index contributed by atoms with van der Waals surface area (Å²) in [7, 11) is 0. The number of hydrogen-bond acceptors (Lipinski definition) is 1. The van der Waals surface area contributed by atoms with Crippen LogP contribution >= 0.6 is 0 Å². The monoisotopic (exact) mass is 152 g/mol. The highest BCUT2D eigenvalue weighted by molar-refractivity contribution is 5.49. The van der Waals surface area contributed by atoms with Crippen molar-refractivity contribution in [3.8, 4) is 0 Å². The molecule has 0 radical (unpaired) electrons. The van der Waals surface area contributed by atoms with E-state index in [0.29, 0.717) is 5.92 Å². The maximum absolute atomic E-state index is 10.1. The molecule has 1 nitrogen and oxygen atoms in total. The zero-order valence-corrected chi connectivity index (χ0v) is 7.18. The quantitative estimate of drug-likeness (QED) is 0.449. The molecule has 1 atom stereocenters. The van der Waals surface area contributed by atoms with Crippen molar-refractivity contribution in [3.05, 3.63) is 11.6 Å². The lowest BCUT2D eigenvalue weighted by atomic mass is 9.88. The van der Waals surface area contributed by atoms with Crippen LogP contribution in [0.1, 0.15) is 39.0 Å². The van der Waals surface area contributed by atoms with Gasteiger partial charge < -0.3 is 4.79 Å². The van der Waals surface area contributed by atoms with E-state index in [0.717, 1.165) is 19.1 Å². The second-order valence-electron chi connectivity index (χ2n) is 3.41. The summed E-state index contributed by atoms with van der Waals surface area (Å²) in [5.74, 6) is 0.689. The molecule has 0 spiro atoms. The molecule has 0 aliphatic heterocycles. The lowest BCUT2D eigenvalue weighted by Crippen LogP contribution is -2.03. The number of aldehydes is 1. The van der Waals surface area contributed by atoms with Gasteiger partial charge in [-0.2, -0.15) is 0 Å². The molecular formula is C10H16O. The van der Waals surface area contributed by atoms with Crippen molar-refractivity contribution < 1.29 is 4.79 Å². The van der Waals surface area contributed by atoms with E-state index in [1.165, 1.54) is 24.8 Å². The van der Waals surface area contributed by atoms with Gasteiger partial charge in [-0.25, -0.2) is 0 Å². The van der Waals surface area contributed by atoms with Crippen molar-refractivity contribution in [3.63, 3.8) is 0 Å². The molecule has 0 unspecified atom stereocenters. The number of rotatable bonds is 3. The predicted molar refractivity (Wildman–Crippen MR) is 46.4 cm³/mol. The Hall–Kier alpha value is -0.590. The van der Waals surface area contributed by atoms with Crippen LogP contribution in [-0.4, -0.2) is 6.29 Å². The van der Waals surface area contributed by atoms with E-state index in [-0.39, 0.29) is 0 Å². The number of carbonyl (C=O) groups is 1. The molecule has 1 heteroatoms. The van der Waals surface area contributed by atoms with Crippen LogP contribution in [0.5, 0.6) is 0 Å². The third kappa shape index (κ3) is 2.87. The molecule has 0 aromatic heterocycles. The van der Waals surface area contributed by atoms with E-state index in [1.54, 1.807) is 0 Å². The Morgan fingerprint density at radius 1 is 1.73 bits per heavy atom. The molecule has 62 valence electrons. The third-order valence-corrected chi connectivity index (χ3v) is 2.32. The average molecular weight is 152 g/mol. The van der Waals surface area contributed by atoms with Crippen molar-refractivity contribution in [2.45, 2.75) is 39.0 Å². The largest absolute Gasteiger partial charge is 0.303 e. The predicted octanol–water partition coefficient (Wildman–Crippen LogP) is 2.71. The molecule has 0 bridgehead atoms. The van der Waals surface area contributed by atoms with Crippen LogP contribution in [-0.2, 0) is 4.79 Å². The van der Waals surface area contributed by atoms with Crippen LogP contribution in [0.2, 0.25) is 0 Å². The molecule has 0 aromatic carbocycles. The molecule has 0 amide bonds. The Bertz CT molecular complexity index is 158. The summed E-state index contributed by atoms with van der Waals surface area (Å²) in [5.41, 5.74) is 1.51. The molecule has 0 N–H and O–H groups in total. The fourth-order valence-corrected chi connectivity index (χ4v) is 1.72. The molecule has 0 saturated carbocycles. The second kappa shape index (κ2) is 4.32. The van der Waals surface area contributed by atoms with Gasteiger partial charge in [0.15, 0.2) is 0 Å². The van der Waals surface area contributed by atoms with Crippen molar-refractivity contribution in [1.29, 1.82) is 0 Å². The molecule has 0 heterocycles. The minimum Gasteiger partial charge on any atom is -0.303 e. The first-order valence-corrected chi connectivity index (χ1v) is 4.44. The van der Waals surface area contributed by atoms with Gasteiger partial charge in [0.25, 0.3) is 0 Å². The van der Waals surface area contributed by atoms with Gasteiger partial charge in [-0.3, -0.25) is 0 Å². The lowest BCUT2D eigenvalue weighted by molar-refractivity contribution is -0.108. The summed E-state index contributed by atoms with van der Waals surface area (Å²) in [6, 6.07) is 0. The van der Waals surface area contributed by atoms with E-state index in [4.69, 9.17) is 0 Å². The SMILES string of the molecule is CC1=C[C@H](CCC=O)CCC1. The van der Waals surface area contributed by atoms with E-state index in [1.807, 2.05) is 0 Å². The first-order valence-electron chi connectivity index (χ1n) is 4.44. The van der Waals surface area contributed by atoms with Crippen LogP contribution < -0.4 is 0 Å². The minimum atomic E-state index is 0.689. The second-order valence-corrected chi connectivity index (χ2v) is 3.41. The number of allylic oxidation sites excluding steroid dienone is 2. The van der Waals surface area contributed by atoms with Crippen molar-refractivity contribution >= 4 is 6.29 Å². The van der Waals surface area contributed by atoms with E-state index < -0.39 is 0 Å². The maximum Gasteiger partial charge on any atom is 0.120 e. The Labute approximate surface area is 68.5 Å². The fraction of sp³-hybridized carbons (Fsp3) is 0.700. The summed E-state index contributed by atoms with van der Waals surface area (Å²) >= 11 is 0. The van der Waals surface area contributed by atoms with Gasteiger partial charge in [0.2, 0.25) is 0 Å². The van der Waals surface area contributed by atoms with Crippen molar-refractivity contribution in [2.75, 3.05) is 0 Å². The smallest absolute Gasteiger partial charge is 0.120 e. The highest BCUT2D eigenvalue weighted by atomic mass is 16.1. The molecule has 0 aromatic rings. The Morgan fingerprint density at radius 2 is 2.55 bits per heavy atom. The number of carbonyl (C=O) groups excluding carboxylic acids is 1. The van der Waals surface area contributed by atoms with Crippen LogP contribution in [0, 0.1) is 5.92 Å².